The normalized spacial score (nSPS) is 32.4. The molecule has 1 saturated carbocycles. The van der Waals surface area contributed by atoms with E-state index in [2.05, 4.69) is 33.7 Å². The second kappa shape index (κ2) is 8.40. The fraction of sp³-hybridized carbons (Fsp3) is 0.739. The Bertz CT molecular complexity index is 1070. The van der Waals surface area contributed by atoms with E-state index in [4.69, 9.17) is 25.1 Å². The van der Waals surface area contributed by atoms with Crippen molar-refractivity contribution in [2.45, 2.75) is 89.2 Å². The molecule has 0 spiro atoms. The van der Waals surface area contributed by atoms with E-state index < -0.39 is 17.5 Å². The van der Waals surface area contributed by atoms with E-state index in [-0.39, 0.29) is 18.6 Å². The lowest BCUT2D eigenvalue weighted by atomic mass is 9.76. The number of imidazole rings is 1. The predicted octanol–water partition coefficient (Wildman–Crippen LogP) is 1.97. The molecule has 5 rings (SSSR count). The van der Waals surface area contributed by atoms with Crippen LogP contribution in [0.2, 0.25) is 0 Å². The maximum absolute atomic E-state index is 10.9. The molecular weight excluding hydrogens is 440 g/mol. The highest BCUT2D eigenvalue weighted by Crippen LogP contribution is 2.48. The number of carbonyl (C=O) groups is 1. The van der Waals surface area contributed by atoms with Crippen LogP contribution in [0.3, 0.4) is 0 Å². The second-order valence-corrected chi connectivity index (χ2v) is 10.5. The number of hydrogen-bond acceptors (Lipinski definition) is 9. The molecule has 0 radical (unpaired) electrons. The van der Waals surface area contributed by atoms with Gasteiger partial charge < -0.3 is 25.1 Å². The first kappa shape index (κ1) is 23.4. The number of fused-ring (bicyclic) bond motifs is 2. The van der Waals surface area contributed by atoms with Gasteiger partial charge in [0, 0.05) is 25.0 Å². The van der Waals surface area contributed by atoms with Gasteiger partial charge in [0.1, 0.15) is 24.1 Å². The van der Waals surface area contributed by atoms with Crippen LogP contribution in [0.1, 0.15) is 53.4 Å². The van der Waals surface area contributed by atoms with Gasteiger partial charge in [0.25, 0.3) is 0 Å². The van der Waals surface area contributed by atoms with Crippen LogP contribution >= 0.6 is 0 Å². The minimum atomic E-state index is -0.907. The number of nitrogens with zero attached hydrogens (tertiary/aromatic N) is 5. The molecule has 2 aromatic rings. The molecule has 3 aliphatic rings. The maximum atomic E-state index is 10.9. The van der Waals surface area contributed by atoms with Gasteiger partial charge in [-0.25, -0.2) is 15.0 Å². The SMILES string of the molecule is CC(C)N(C[C@H]1OC[C@@]2(n3cnc4c(N)ncnc43)OC(C)(C)O[C@H]12)[C@H]1C[C@@H](CCC(=O)O)C1. The Labute approximate surface area is 198 Å². The molecule has 34 heavy (non-hydrogen) atoms. The molecule has 11 heteroatoms. The van der Waals surface area contributed by atoms with Gasteiger partial charge >= 0.3 is 5.97 Å². The van der Waals surface area contributed by atoms with Crippen LogP contribution in [0.15, 0.2) is 12.7 Å². The topological polar surface area (TPSA) is 138 Å². The number of nitrogens with two attached hydrogens (primary N) is 1. The summed E-state index contributed by atoms with van der Waals surface area (Å²) in [6.45, 7) is 9.19. The Morgan fingerprint density at radius 1 is 1.32 bits per heavy atom. The predicted molar refractivity (Wildman–Crippen MR) is 123 cm³/mol. The number of carboxylic acids is 1. The van der Waals surface area contributed by atoms with Crippen molar-refractivity contribution >= 4 is 23.0 Å². The highest BCUT2D eigenvalue weighted by atomic mass is 16.8. The Balaban J connectivity index is 1.37. The molecule has 2 aromatic heterocycles. The minimum Gasteiger partial charge on any atom is -0.481 e. The zero-order valence-electron chi connectivity index (χ0n) is 20.2. The average Bonchev–Trinajstić information content (AvgIpc) is 3.36. The molecular formula is C23H34N6O5. The quantitative estimate of drug-likeness (QED) is 0.584. The summed E-state index contributed by atoms with van der Waals surface area (Å²) < 4.78 is 21.1. The number of anilines is 1. The van der Waals surface area contributed by atoms with Gasteiger partial charge in [-0.3, -0.25) is 14.3 Å². The Morgan fingerprint density at radius 3 is 2.79 bits per heavy atom. The fourth-order valence-corrected chi connectivity index (χ4v) is 5.76. The zero-order chi connectivity index (χ0) is 24.3. The molecule has 0 amide bonds. The van der Waals surface area contributed by atoms with Gasteiger partial charge in [-0.1, -0.05) is 0 Å². The first-order valence-electron chi connectivity index (χ1n) is 12.0. The summed E-state index contributed by atoms with van der Waals surface area (Å²) in [5.74, 6) is -0.736. The zero-order valence-corrected chi connectivity index (χ0v) is 20.2. The van der Waals surface area contributed by atoms with E-state index in [9.17, 15) is 4.79 Å². The third-order valence-electron chi connectivity index (χ3n) is 7.39. The van der Waals surface area contributed by atoms with Gasteiger partial charge in [0.15, 0.2) is 17.3 Å². The van der Waals surface area contributed by atoms with Crippen LogP contribution in [-0.4, -0.2) is 78.7 Å². The van der Waals surface area contributed by atoms with E-state index in [1.165, 1.54) is 6.33 Å². The fourth-order valence-electron chi connectivity index (χ4n) is 5.76. The van der Waals surface area contributed by atoms with E-state index >= 15 is 0 Å². The lowest BCUT2D eigenvalue weighted by molar-refractivity contribution is -0.206. The van der Waals surface area contributed by atoms with Crippen molar-refractivity contribution in [2.75, 3.05) is 18.9 Å². The van der Waals surface area contributed by atoms with Crippen LogP contribution in [0.5, 0.6) is 0 Å². The van der Waals surface area contributed by atoms with E-state index in [1.807, 2.05) is 18.4 Å². The highest BCUT2D eigenvalue weighted by molar-refractivity contribution is 5.81. The molecule has 0 unspecified atom stereocenters. The number of rotatable bonds is 8. The van der Waals surface area contributed by atoms with Crippen molar-refractivity contribution in [3.63, 3.8) is 0 Å². The van der Waals surface area contributed by atoms with Gasteiger partial charge in [-0.15, -0.1) is 0 Å². The number of hydrogen-bond donors (Lipinski definition) is 2. The van der Waals surface area contributed by atoms with Crippen molar-refractivity contribution in [3.05, 3.63) is 12.7 Å². The molecule has 3 atom stereocenters. The summed E-state index contributed by atoms with van der Waals surface area (Å²) in [6.07, 6.45) is 5.54. The van der Waals surface area contributed by atoms with Gasteiger partial charge in [-0.2, -0.15) is 0 Å². The molecule has 2 saturated heterocycles. The van der Waals surface area contributed by atoms with Crippen LogP contribution in [0.25, 0.3) is 11.2 Å². The molecule has 3 N–H and O–H groups in total. The Hall–Kier alpha value is -2.34. The first-order chi connectivity index (χ1) is 16.1. The van der Waals surface area contributed by atoms with Crippen molar-refractivity contribution in [1.82, 2.24) is 24.4 Å². The average molecular weight is 475 g/mol. The lowest BCUT2D eigenvalue weighted by Gasteiger charge is -2.46. The third kappa shape index (κ3) is 3.94. The Kier molecular flexibility index (Phi) is 5.78. The van der Waals surface area contributed by atoms with Gasteiger partial charge in [0.05, 0.1) is 12.9 Å². The standard InChI is InChI=1S/C23H34N6O5/c1-13(2)28(15-7-14(8-15)5-6-17(30)31)9-16-19-23(10-32-16,34-22(3,4)33-19)29-12-27-18-20(24)25-11-26-21(18)29/h11-16,19H,5-10H2,1-4H3,(H,30,31)(H2,24,25,26)/t14-,15+,16-,19-,23-/m1/s1. The van der Waals surface area contributed by atoms with Crippen molar-refractivity contribution < 1.29 is 24.1 Å². The van der Waals surface area contributed by atoms with Crippen LogP contribution in [0.4, 0.5) is 5.82 Å². The number of aliphatic carboxylic acids is 1. The molecule has 186 valence electrons. The number of nitrogen functional groups attached to an aromatic ring is 1. The van der Waals surface area contributed by atoms with Crippen molar-refractivity contribution in [3.8, 4) is 0 Å². The summed E-state index contributed by atoms with van der Waals surface area (Å²) >= 11 is 0. The highest BCUT2D eigenvalue weighted by Gasteiger charge is 2.63. The molecule has 3 fully saturated rings. The maximum Gasteiger partial charge on any atom is 0.303 e. The van der Waals surface area contributed by atoms with Crippen LogP contribution in [-0.2, 0) is 24.7 Å². The summed E-state index contributed by atoms with van der Waals surface area (Å²) in [4.78, 5) is 26.3. The van der Waals surface area contributed by atoms with E-state index in [1.54, 1.807) is 6.33 Å². The monoisotopic (exact) mass is 474 g/mol. The van der Waals surface area contributed by atoms with Crippen molar-refractivity contribution in [1.29, 1.82) is 0 Å². The number of ether oxygens (including phenoxy) is 3. The first-order valence-corrected chi connectivity index (χ1v) is 12.0. The largest absolute Gasteiger partial charge is 0.481 e. The molecule has 0 aromatic carbocycles. The summed E-state index contributed by atoms with van der Waals surface area (Å²) in [5, 5.41) is 8.97. The smallest absolute Gasteiger partial charge is 0.303 e. The summed E-state index contributed by atoms with van der Waals surface area (Å²) in [5.41, 5.74) is 6.22. The summed E-state index contributed by atoms with van der Waals surface area (Å²) in [6, 6.07) is 0.732. The molecule has 0 bridgehead atoms. The van der Waals surface area contributed by atoms with E-state index in [0.29, 0.717) is 48.1 Å². The van der Waals surface area contributed by atoms with Gasteiger partial charge in [-0.05, 0) is 52.9 Å². The van der Waals surface area contributed by atoms with Crippen molar-refractivity contribution in [2.24, 2.45) is 5.92 Å². The number of carboxylic acid groups (broad SMARTS) is 1. The van der Waals surface area contributed by atoms with Gasteiger partial charge in [0.2, 0.25) is 5.72 Å². The Morgan fingerprint density at radius 2 is 2.09 bits per heavy atom. The molecule has 1 aliphatic carbocycles. The minimum absolute atomic E-state index is 0.209. The second-order valence-electron chi connectivity index (χ2n) is 10.5. The third-order valence-corrected chi connectivity index (χ3v) is 7.39. The summed E-state index contributed by atoms with van der Waals surface area (Å²) in [7, 11) is 0. The molecule has 11 nitrogen and oxygen atoms in total. The van der Waals surface area contributed by atoms with Crippen LogP contribution in [0, 0.1) is 5.92 Å². The molecule has 4 heterocycles. The lowest BCUT2D eigenvalue weighted by Crippen LogP contribution is -2.53. The van der Waals surface area contributed by atoms with Crippen LogP contribution < -0.4 is 5.73 Å². The number of aromatic nitrogens is 4. The van der Waals surface area contributed by atoms with E-state index in [0.717, 1.165) is 19.3 Å². The molecule has 2 aliphatic heterocycles.